The Kier molecular flexibility index (Phi) is 5.39. The van der Waals surface area contributed by atoms with E-state index in [1.165, 1.54) is 12.3 Å². The Balaban J connectivity index is 1.44. The molecule has 4 heterocycles. The Morgan fingerprint density at radius 1 is 1.25 bits per heavy atom. The number of halogens is 2. The molecule has 0 aromatic carbocycles. The Bertz CT molecular complexity index is 1260. The first-order valence-corrected chi connectivity index (χ1v) is 11.3. The van der Waals surface area contributed by atoms with Gasteiger partial charge in [-0.25, -0.2) is 9.97 Å². The highest BCUT2D eigenvalue weighted by molar-refractivity contribution is 6.35. The van der Waals surface area contributed by atoms with Crippen molar-refractivity contribution in [3.05, 3.63) is 58.0 Å². The van der Waals surface area contributed by atoms with Gasteiger partial charge in [-0.05, 0) is 48.1 Å². The molecule has 9 heteroatoms. The molecule has 1 atom stereocenters. The van der Waals surface area contributed by atoms with Crippen molar-refractivity contribution in [3.63, 3.8) is 0 Å². The van der Waals surface area contributed by atoms with E-state index in [-0.39, 0.29) is 33.8 Å². The lowest BCUT2D eigenvalue weighted by Gasteiger charge is -2.32. The molecule has 1 aliphatic carbocycles. The molecule has 1 aliphatic heterocycles. The van der Waals surface area contributed by atoms with Crippen LogP contribution in [0.3, 0.4) is 0 Å². The van der Waals surface area contributed by atoms with Gasteiger partial charge in [0.2, 0.25) is 5.91 Å². The molecule has 7 nitrogen and oxygen atoms in total. The van der Waals surface area contributed by atoms with Crippen LogP contribution in [0.5, 0.6) is 0 Å². The standard InChI is InChI=1S/C23H21Cl2N5O2/c1-12-11-30(23(32)17-8-19(25)27-10-18(17)24)7-5-14(12)16-9-20(29-22(31)13-2-3-13)28-21-15(16)4-6-26-21/h4-6,8-10,12-13H,2-3,7,11H2,1H3,(H2,26,28,29,31). The minimum atomic E-state index is -0.180. The van der Waals surface area contributed by atoms with E-state index in [4.69, 9.17) is 23.2 Å². The molecule has 1 unspecified atom stereocenters. The Morgan fingerprint density at radius 2 is 2.06 bits per heavy atom. The van der Waals surface area contributed by atoms with Crippen LogP contribution in [0.1, 0.15) is 35.7 Å². The van der Waals surface area contributed by atoms with Crippen molar-refractivity contribution in [3.8, 4) is 0 Å². The SMILES string of the molecule is CC1CN(C(=O)c2cc(Cl)ncc2Cl)CC=C1c1cc(NC(=O)C2CC2)nc2[nH]ccc12. The summed E-state index contributed by atoms with van der Waals surface area (Å²) in [5.74, 6) is 0.540. The fourth-order valence-electron chi connectivity index (χ4n) is 4.12. The maximum Gasteiger partial charge on any atom is 0.255 e. The molecule has 3 aromatic rings. The lowest BCUT2D eigenvalue weighted by Crippen LogP contribution is -2.38. The van der Waals surface area contributed by atoms with Crippen LogP contribution in [0, 0.1) is 11.8 Å². The highest BCUT2D eigenvalue weighted by Crippen LogP contribution is 2.35. The number of pyridine rings is 2. The average molecular weight is 470 g/mol. The zero-order valence-corrected chi connectivity index (χ0v) is 18.9. The van der Waals surface area contributed by atoms with Crippen LogP contribution in [-0.4, -0.2) is 44.8 Å². The number of anilines is 1. The lowest BCUT2D eigenvalue weighted by atomic mass is 9.89. The largest absolute Gasteiger partial charge is 0.346 e. The molecular formula is C23H21Cl2N5O2. The van der Waals surface area contributed by atoms with Crippen molar-refractivity contribution in [2.75, 3.05) is 18.4 Å². The summed E-state index contributed by atoms with van der Waals surface area (Å²) in [5, 5.41) is 4.43. The molecule has 1 saturated carbocycles. The van der Waals surface area contributed by atoms with E-state index < -0.39 is 0 Å². The van der Waals surface area contributed by atoms with Crippen molar-refractivity contribution in [1.82, 2.24) is 19.9 Å². The van der Waals surface area contributed by atoms with Crippen LogP contribution in [0.2, 0.25) is 10.2 Å². The van der Waals surface area contributed by atoms with Gasteiger partial charge in [0.1, 0.15) is 16.6 Å². The summed E-state index contributed by atoms with van der Waals surface area (Å²) >= 11 is 12.1. The molecule has 0 saturated heterocycles. The minimum Gasteiger partial charge on any atom is -0.346 e. The number of carbonyl (C=O) groups is 2. The number of aromatic amines is 1. The second-order valence-corrected chi connectivity index (χ2v) is 9.11. The second kappa shape index (κ2) is 8.22. The molecule has 1 fully saturated rings. The van der Waals surface area contributed by atoms with Crippen LogP contribution in [-0.2, 0) is 4.79 Å². The summed E-state index contributed by atoms with van der Waals surface area (Å²) in [6.45, 7) is 3.04. The first-order chi connectivity index (χ1) is 15.4. The van der Waals surface area contributed by atoms with Gasteiger partial charge in [0, 0.05) is 36.8 Å². The van der Waals surface area contributed by atoms with Crippen molar-refractivity contribution >= 4 is 57.4 Å². The number of aromatic nitrogens is 3. The molecule has 3 aromatic heterocycles. The number of fused-ring (bicyclic) bond motifs is 1. The monoisotopic (exact) mass is 469 g/mol. The summed E-state index contributed by atoms with van der Waals surface area (Å²) in [7, 11) is 0. The molecule has 0 bridgehead atoms. The van der Waals surface area contributed by atoms with Gasteiger partial charge in [0.25, 0.3) is 5.91 Å². The third kappa shape index (κ3) is 3.98. The highest BCUT2D eigenvalue weighted by atomic mass is 35.5. The van der Waals surface area contributed by atoms with Crippen LogP contribution in [0.4, 0.5) is 5.82 Å². The minimum absolute atomic E-state index is 0.0182. The molecule has 0 radical (unpaired) electrons. The van der Waals surface area contributed by atoms with Crippen molar-refractivity contribution < 1.29 is 9.59 Å². The topological polar surface area (TPSA) is 91.0 Å². The van der Waals surface area contributed by atoms with Gasteiger partial charge >= 0.3 is 0 Å². The van der Waals surface area contributed by atoms with Gasteiger partial charge in [-0.3, -0.25) is 9.59 Å². The first kappa shape index (κ1) is 21.0. The number of amides is 2. The van der Waals surface area contributed by atoms with Crippen molar-refractivity contribution in [2.24, 2.45) is 11.8 Å². The smallest absolute Gasteiger partial charge is 0.255 e. The maximum atomic E-state index is 13.0. The second-order valence-electron chi connectivity index (χ2n) is 8.32. The number of H-pyrrole nitrogens is 1. The number of hydrogen-bond donors (Lipinski definition) is 2. The number of rotatable bonds is 4. The molecular weight excluding hydrogens is 449 g/mol. The number of carbonyl (C=O) groups excluding carboxylic acids is 2. The third-order valence-corrected chi connectivity index (χ3v) is 6.44. The molecule has 2 N–H and O–H groups in total. The van der Waals surface area contributed by atoms with Crippen LogP contribution >= 0.6 is 23.2 Å². The van der Waals surface area contributed by atoms with E-state index >= 15 is 0 Å². The van der Waals surface area contributed by atoms with Crippen LogP contribution in [0.15, 0.2) is 36.7 Å². The van der Waals surface area contributed by atoms with E-state index in [1.807, 2.05) is 18.3 Å². The molecule has 0 spiro atoms. The summed E-state index contributed by atoms with van der Waals surface area (Å²) in [6.07, 6.45) is 7.15. The van der Waals surface area contributed by atoms with Gasteiger partial charge in [-0.15, -0.1) is 0 Å². The van der Waals surface area contributed by atoms with Gasteiger partial charge in [-0.1, -0.05) is 36.2 Å². The predicted octanol–water partition coefficient (Wildman–Crippen LogP) is 4.79. The molecule has 32 heavy (non-hydrogen) atoms. The number of nitrogens with zero attached hydrogens (tertiary/aromatic N) is 3. The van der Waals surface area contributed by atoms with Crippen LogP contribution in [0.25, 0.3) is 16.6 Å². The predicted molar refractivity (Wildman–Crippen MR) is 125 cm³/mol. The zero-order valence-electron chi connectivity index (χ0n) is 17.4. The first-order valence-electron chi connectivity index (χ1n) is 10.5. The third-order valence-electron chi connectivity index (χ3n) is 5.94. The Hall–Kier alpha value is -2.90. The fraction of sp³-hybridized carbons (Fsp3) is 0.304. The Morgan fingerprint density at radius 3 is 2.81 bits per heavy atom. The summed E-state index contributed by atoms with van der Waals surface area (Å²) < 4.78 is 0. The van der Waals surface area contributed by atoms with E-state index in [0.717, 1.165) is 35.0 Å². The van der Waals surface area contributed by atoms with E-state index in [2.05, 4.69) is 33.3 Å². The number of hydrogen-bond acceptors (Lipinski definition) is 4. The summed E-state index contributed by atoms with van der Waals surface area (Å²) in [6, 6.07) is 5.40. The lowest BCUT2D eigenvalue weighted by molar-refractivity contribution is -0.117. The summed E-state index contributed by atoms with van der Waals surface area (Å²) in [4.78, 5) is 38.7. The molecule has 2 aliphatic rings. The Labute approximate surface area is 194 Å². The average Bonchev–Trinajstić information content (AvgIpc) is 3.52. The van der Waals surface area contributed by atoms with E-state index in [9.17, 15) is 9.59 Å². The highest BCUT2D eigenvalue weighted by Gasteiger charge is 2.31. The van der Waals surface area contributed by atoms with Crippen LogP contribution < -0.4 is 5.32 Å². The van der Waals surface area contributed by atoms with E-state index in [0.29, 0.717) is 24.5 Å². The maximum absolute atomic E-state index is 13.0. The van der Waals surface area contributed by atoms with Gasteiger partial charge in [0.05, 0.1) is 10.6 Å². The van der Waals surface area contributed by atoms with Gasteiger partial charge < -0.3 is 15.2 Å². The van der Waals surface area contributed by atoms with Crippen molar-refractivity contribution in [2.45, 2.75) is 19.8 Å². The quantitative estimate of drug-likeness (QED) is 0.537. The van der Waals surface area contributed by atoms with E-state index in [1.54, 1.807) is 4.90 Å². The zero-order chi connectivity index (χ0) is 22.4. The normalized spacial score (nSPS) is 18.5. The molecule has 164 valence electrons. The number of nitrogens with one attached hydrogen (secondary N) is 2. The fourth-order valence-corrected chi connectivity index (χ4v) is 4.46. The van der Waals surface area contributed by atoms with Gasteiger partial charge in [-0.2, -0.15) is 0 Å². The molecule has 5 rings (SSSR count). The van der Waals surface area contributed by atoms with Crippen molar-refractivity contribution in [1.29, 1.82) is 0 Å². The van der Waals surface area contributed by atoms with Gasteiger partial charge in [0.15, 0.2) is 0 Å². The molecule has 2 amide bonds. The summed E-state index contributed by atoms with van der Waals surface area (Å²) in [5.41, 5.74) is 3.19.